The predicted molar refractivity (Wildman–Crippen MR) is 416 cm³/mol. The third-order valence-electron chi connectivity index (χ3n) is 21.9. The fraction of sp³-hybridized carbons (Fsp3) is 0.0787. The lowest BCUT2D eigenvalue weighted by atomic mass is 10.1. The number of benzene rings is 7. The zero-order chi connectivity index (χ0) is 74.2. The summed E-state index contributed by atoms with van der Waals surface area (Å²) in [4.78, 5) is 22.2. The van der Waals surface area contributed by atoms with E-state index >= 15 is 0 Å². The predicted octanol–water partition coefficient (Wildman–Crippen LogP) is 16.8. The van der Waals surface area contributed by atoms with Crippen molar-refractivity contribution in [1.82, 2.24) is 43.2 Å². The molecular weight excluding hydrogens is 1380 g/mol. The minimum Gasteiger partial charge on any atom is -0.413 e. The molecule has 0 amide bonds. The number of nitrogens with zero attached hydrogens (tertiary/aromatic N) is 14. The van der Waals surface area contributed by atoms with Crippen molar-refractivity contribution in [1.29, 1.82) is 0 Å². The van der Waals surface area contributed by atoms with E-state index in [0.29, 0.717) is 17.7 Å². The Morgan fingerprint density at radius 1 is 0.349 bits per heavy atom. The average Bonchev–Trinajstić information content (AvgIpc) is 1.67. The zero-order valence-electron chi connectivity index (χ0n) is 61.2. The number of rotatable bonds is 2. The van der Waals surface area contributed by atoms with Crippen molar-refractivity contribution < 1.29 is 49.0 Å². The van der Waals surface area contributed by atoms with Gasteiger partial charge in [-0.15, -0.1) is 9.13 Å². The van der Waals surface area contributed by atoms with Gasteiger partial charge in [0.2, 0.25) is 22.6 Å². The number of para-hydroxylation sites is 2. The highest BCUT2D eigenvalue weighted by Crippen LogP contribution is 2.43. The summed E-state index contributed by atoms with van der Waals surface area (Å²) in [5.74, 6) is 4.76. The third kappa shape index (κ3) is 9.02. The maximum absolute atomic E-state index is 8.24. The van der Waals surface area contributed by atoms with E-state index in [0.717, 1.165) is 166 Å². The second-order valence-electron chi connectivity index (χ2n) is 27.8. The molecule has 0 spiro atoms. The van der Waals surface area contributed by atoms with Crippen LogP contribution in [0.25, 0.3) is 178 Å². The zero-order valence-corrected chi connectivity index (χ0v) is 59.0. The Morgan fingerprint density at radius 2 is 0.780 bits per heavy atom. The van der Waals surface area contributed by atoms with Crippen molar-refractivity contribution in [3.8, 4) is 68.6 Å². The molecule has 0 N–H and O–H groups in total. The SMILES string of the molecule is Cn1c2cnccc2c2oc3[n+](c21)Cc1ccccc1-3.[2H]C([2H])([2H])n1c2cnccc2c2c1[n+]1c(n2-c2ccccc2)-c2ccccc2C1.c1ccc(-n2c3cnccc3c3oc4[n+](c32)Cc2ccccc2-4)cc1.c1ccc2c(c1)C[n+]1c-2oc2c3ccncc3oc21.c1ccc2c(c1)C[n+]1c-2oc2c3ccncc3sc21. The van der Waals surface area contributed by atoms with Gasteiger partial charge in [-0.25, -0.2) is 13.7 Å². The van der Waals surface area contributed by atoms with Crippen LogP contribution in [0.1, 0.15) is 31.9 Å². The molecule has 5 aliphatic rings. The van der Waals surface area contributed by atoms with Gasteiger partial charge in [0.05, 0.1) is 104 Å². The molecule has 27 rings (SSSR count). The number of imidazole rings is 1. The Morgan fingerprint density at radius 3 is 1.40 bits per heavy atom. The molecule has 109 heavy (non-hydrogen) atoms. The van der Waals surface area contributed by atoms with Gasteiger partial charge in [-0.1, -0.05) is 139 Å². The van der Waals surface area contributed by atoms with Crippen molar-refractivity contribution in [3.63, 3.8) is 0 Å². The first-order chi connectivity index (χ1) is 55.1. The molecule has 0 radical (unpaired) electrons. The van der Waals surface area contributed by atoms with Crippen LogP contribution in [0, 0.1) is 0 Å². The molecule has 0 saturated carbocycles. The fourth-order valence-corrected chi connectivity index (χ4v) is 18.1. The molecule has 0 atom stereocenters. The molecule has 19 nitrogen and oxygen atoms in total. The molecule has 15 aromatic heterocycles. The molecular formula is C89H61N14O5S+5. The molecule has 0 bridgehead atoms. The molecule has 0 unspecified atom stereocenters. The van der Waals surface area contributed by atoms with E-state index in [1.54, 1.807) is 36.1 Å². The monoisotopic (exact) mass is 1440 g/mol. The van der Waals surface area contributed by atoms with Gasteiger partial charge in [-0.05, 0) is 84.9 Å². The molecule has 20 heteroatoms. The maximum atomic E-state index is 8.24. The Kier molecular flexibility index (Phi) is 12.6. The molecule has 20 heterocycles. The lowest BCUT2D eigenvalue weighted by Gasteiger charge is -2.04. The van der Waals surface area contributed by atoms with E-state index in [1.165, 1.54) is 58.6 Å². The molecule has 5 aliphatic heterocycles. The summed E-state index contributed by atoms with van der Waals surface area (Å²) < 4.78 is 75.5. The normalized spacial score (nSPS) is 13.4. The summed E-state index contributed by atoms with van der Waals surface area (Å²) >= 11 is 1.75. The lowest BCUT2D eigenvalue weighted by molar-refractivity contribution is -0.655. The van der Waals surface area contributed by atoms with Gasteiger partial charge in [0, 0.05) is 70.4 Å². The molecule has 518 valence electrons. The van der Waals surface area contributed by atoms with Crippen molar-refractivity contribution in [2.45, 2.75) is 32.7 Å². The minimum absolute atomic E-state index is 0.619. The van der Waals surface area contributed by atoms with Gasteiger partial charge in [0.15, 0.2) is 35.2 Å². The van der Waals surface area contributed by atoms with Gasteiger partial charge in [-0.2, -0.15) is 13.7 Å². The third-order valence-corrected chi connectivity index (χ3v) is 23.0. The second kappa shape index (κ2) is 23.6. The highest BCUT2D eigenvalue weighted by atomic mass is 32.1. The molecule has 7 aromatic carbocycles. The summed E-state index contributed by atoms with van der Waals surface area (Å²) in [6.07, 6.45) is 18.0. The topological polar surface area (TPSA) is 169 Å². The Hall–Kier alpha value is -14.2. The van der Waals surface area contributed by atoms with Crippen molar-refractivity contribution >= 4 is 120 Å². The Balaban J connectivity index is 0.0000000843. The number of hydrogen-bond donors (Lipinski definition) is 0. The molecule has 0 aliphatic carbocycles. The largest absolute Gasteiger partial charge is 0.422 e. The van der Waals surface area contributed by atoms with Crippen LogP contribution in [0.15, 0.2) is 296 Å². The Bertz CT molecular complexity index is 7500. The number of hydrogen-bond acceptors (Lipinski definition) is 11. The van der Waals surface area contributed by atoms with Crippen molar-refractivity contribution in [3.05, 3.63) is 302 Å². The van der Waals surface area contributed by atoms with Crippen LogP contribution in [0.2, 0.25) is 0 Å². The first-order valence-electron chi connectivity index (χ1n) is 37.5. The summed E-state index contributed by atoms with van der Waals surface area (Å²) in [7, 11) is 2.07. The number of aromatic nitrogens is 14. The number of pyridine rings is 5. The fourth-order valence-electron chi connectivity index (χ4n) is 17.0. The molecule has 0 saturated heterocycles. The van der Waals surface area contributed by atoms with E-state index in [4.69, 9.17) is 26.2 Å². The van der Waals surface area contributed by atoms with E-state index in [-0.39, 0.29) is 0 Å². The van der Waals surface area contributed by atoms with Crippen LogP contribution in [-0.2, 0) is 46.7 Å². The van der Waals surface area contributed by atoms with E-state index in [9.17, 15) is 0 Å². The Labute approximate surface area is 626 Å². The van der Waals surface area contributed by atoms with E-state index in [2.05, 4.69) is 202 Å². The highest BCUT2D eigenvalue weighted by molar-refractivity contribution is 7.25. The second-order valence-corrected chi connectivity index (χ2v) is 28.8. The average molecular weight is 1440 g/mol. The standard InChI is InChI=1S/C22H17N4.C21H14N3O.C16H12N3O.C15H9N2O2.C15H9N2OS/c1-24-19-13-23-12-11-18(19)20-22(24)25-14-15-7-5-6-10-17(15)21(25)26(20)16-8-3-2-4-9-16;1-2-7-15(8-3-1)24-18-12-22-11-10-17(18)19-20(24)23-13-14-6-4-5-9-16(14)21(23)25-19;1-18-13-8-17-7-6-12(13)14-15(18)19-9-10-4-2-3-5-11(10)16(19)20-14;1-2-4-10-9(3-1)8-17-14(10)19-13-11-5-6-16-7-12(11)18-15(13)17;1-2-4-10-9(3-1)8-17-14(10)18-13-11-5-6-16-7-12(11)19-15(13)17/h2-13H,14H2,1H3;1-12H,13H2;2-8H,9H2,1H3;2*1-7H,8H2/q5*+1/i1D3;;;;. The van der Waals surface area contributed by atoms with E-state index in [1.807, 2.05) is 116 Å². The minimum atomic E-state index is -2.32. The molecule has 0 fully saturated rings. The van der Waals surface area contributed by atoms with Gasteiger partial charge >= 0.3 is 33.6 Å². The number of fused-ring (bicyclic) bond motifs is 35. The smallest absolute Gasteiger partial charge is 0.413 e. The lowest BCUT2D eigenvalue weighted by Crippen LogP contribution is -2.33. The summed E-state index contributed by atoms with van der Waals surface area (Å²) in [6.45, 7) is 1.72. The van der Waals surface area contributed by atoms with Crippen LogP contribution in [-0.4, -0.2) is 43.2 Å². The quantitative estimate of drug-likeness (QED) is 0.152. The number of furan rings is 1. The van der Waals surface area contributed by atoms with Crippen molar-refractivity contribution in [2.75, 3.05) is 0 Å². The summed E-state index contributed by atoms with van der Waals surface area (Å²) in [5.41, 5.74) is 26.2. The summed E-state index contributed by atoms with van der Waals surface area (Å²) in [6, 6.07) is 72.3. The first-order valence-corrected chi connectivity index (χ1v) is 36.9. The van der Waals surface area contributed by atoms with Crippen LogP contribution < -0.4 is 22.8 Å². The van der Waals surface area contributed by atoms with Gasteiger partial charge in [0.25, 0.3) is 23.0 Å². The van der Waals surface area contributed by atoms with Crippen LogP contribution in [0.4, 0.5) is 0 Å². The highest BCUT2D eigenvalue weighted by Gasteiger charge is 2.42. The van der Waals surface area contributed by atoms with Crippen LogP contribution in [0.5, 0.6) is 0 Å². The van der Waals surface area contributed by atoms with Crippen LogP contribution in [0.3, 0.4) is 0 Å². The molecule has 22 aromatic rings. The summed E-state index contributed by atoms with van der Waals surface area (Å²) in [5, 5.41) is 5.23. The number of thiophene rings is 1. The van der Waals surface area contributed by atoms with Crippen LogP contribution >= 0.6 is 11.3 Å². The number of aryl methyl sites for hydroxylation is 2. The van der Waals surface area contributed by atoms with Crippen molar-refractivity contribution in [2.24, 2.45) is 14.0 Å². The van der Waals surface area contributed by atoms with Gasteiger partial charge < -0.3 is 22.1 Å². The number of oxazole rings is 4. The van der Waals surface area contributed by atoms with E-state index < -0.39 is 6.98 Å². The van der Waals surface area contributed by atoms with Gasteiger partial charge in [-0.3, -0.25) is 29.5 Å². The van der Waals surface area contributed by atoms with Gasteiger partial charge in [0.1, 0.15) is 30.0 Å². The maximum Gasteiger partial charge on any atom is 0.422 e. The first kappa shape index (κ1) is 58.1.